The molecule has 0 heterocycles. The van der Waals surface area contributed by atoms with Crippen LogP contribution in [0.25, 0.3) is 0 Å². The third-order valence-corrected chi connectivity index (χ3v) is 12.4. The third-order valence-electron chi connectivity index (χ3n) is 3.31. The molecule has 102 valence electrons. The fourth-order valence-corrected chi connectivity index (χ4v) is 10.8. The van der Waals surface area contributed by atoms with Gasteiger partial charge in [0, 0.05) is 17.6 Å². The second-order valence-electron chi connectivity index (χ2n) is 5.53. The summed E-state index contributed by atoms with van der Waals surface area (Å²) in [5.41, 5.74) is 1.66. The van der Waals surface area contributed by atoms with Crippen molar-refractivity contribution in [3.05, 3.63) is 0 Å². The molecule has 0 aromatic rings. The van der Waals surface area contributed by atoms with Crippen LogP contribution in [0.5, 0.6) is 0 Å². The van der Waals surface area contributed by atoms with Crippen molar-refractivity contribution < 1.29 is 24.8 Å². The zero-order valence-electron chi connectivity index (χ0n) is 12.5. The van der Waals surface area contributed by atoms with Gasteiger partial charge in [-0.3, -0.25) is 0 Å². The summed E-state index contributed by atoms with van der Waals surface area (Å²) in [5, 5.41) is 0. The Balaban J connectivity index is -0.000000282. The van der Waals surface area contributed by atoms with Crippen LogP contribution >= 0.6 is 0 Å². The van der Waals surface area contributed by atoms with E-state index in [0.717, 1.165) is 5.92 Å². The standard InChI is InChI=1S/C12H30Si2.2ClH.Mg/c1-6-8-9-12(7-2)10-14(4,5)11-13-3;;;/h12H,6-11,13H2,1-5H3;2*1H;/q;;;+2/p-2. The Morgan fingerprint density at radius 2 is 1.65 bits per heavy atom. The van der Waals surface area contributed by atoms with Gasteiger partial charge in [-0.2, -0.15) is 0 Å². The Kier molecular flexibility index (Phi) is 25.3. The van der Waals surface area contributed by atoms with E-state index in [-0.39, 0.29) is 47.9 Å². The molecule has 0 N–H and O–H groups in total. The summed E-state index contributed by atoms with van der Waals surface area (Å²) in [6, 6.07) is 1.60. The second-order valence-corrected chi connectivity index (χ2v) is 13.3. The fraction of sp³-hybridized carbons (Fsp3) is 1.00. The van der Waals surface area contributed by atoms with Crippen molar-refractivity contribution in [3.63, 3.8) is 0 Å². The average Bonchev–Trinajstić information content (AvgIpc) is 2.12. The van der Waals surface area contributed by atoms with E-state index >= 15 is 0 Å². The Morgan fingerprint density at radius 1 is 1.12 bits per heavy atom. The van der Waals surface area contributed by atoms with Gasteiger partial charge in [0.1, 0.15) is 0 Å². The molecule has 0 saturated carbocycles. The SMILES string of the molecule is CCCCC(CC)C[Si](C)(C)C[SiH2]C.[Cl-].[Cl-].[Mg+2]. The maximum absolute atomic E-state index is 2.61. The Bertz CT molecular complexity index is 146. The van der Waals surface area contributed by atoms with Crippen molar-refractivity contribution >= 4 is 40.6 Å². The normalized spacial score (nSPS) is 12.5. The molecule has 0 aliphatic carbocycles. The van der Waals surface area contributed by atoms with E-state index in [2.05, 4.69) is 33.5 Å². The van der Waals surface area contributed by atoms with Crippen molar-refractivity contribution in [1.82, 2.24) is 0 Å². The zero-order valence-corrected chi connectivity index (χ0v) is 17.8. The monoisotopic (exact) mass is 324 g/mol. The average molecular weight is 326 g/mol. The van der Waals surface area contributed by atoms with Crippen molar-refractivity contribution in [3.8, 4) is 0 Å². The van der Waals surface area contributed by atoms with Crippen LogP contribution in [0.1, 0.15) is 39.5 Å². The van der Waals surface area contributed by atoms with E-state index in [1.54, 1.807) is 11.7 Å². The molecule has 1 atom stereocenters. The summed E-state index contributed by atoms with van der Waals surface area (Å²) in [6.45, 7) is 12.4. The van der Waals surface area contributed by atoms with E-state index in [4.69, 9.17) is 0 Å². The number of rotatable bonds is 8. The molecule has 0 rings (SSSR count). The minimum absolute atomic E-state index is 0. The van der Waals surface area contributed by atoms with E-state index in [1.165, 1.54) is 25.7 Å². The molecular formula is C12H30Cl2MgSi2. The van der Waals surface area contributed by atoms with E-state index in [1.807, 2.05) is 0 Å². The van der Waals surface area contributed by atoms with E-state index in [9.17, 15) is 0 Å². The Labute approximate surface area is 141 Å². The van der Waals surface area contributed by atoms with Crippen molar-refractivity contribution in [2.24, 2.45) is 5.92 Å². The van der Waals surface area contributed by atoms with Gasteiger partial charge in [0.2, 0.25) is 0 Å². The van der Waals surface area contributed by atoms with Gasteiger partial charge in [0.05, 0.1) is 0 Å². The molecule has 1 unspecified atom stereocenters. The third kappa shape index (κ3) is 15.7. The first-order chi connectivity index (χ1) is 6.55. The van der Waals surface area contributed by atoms with Crippen LogP contribution in [0.3, 0.4) is 0 Å². The largest absolute Gasteiger partial charge is 2.00 e. The van der Waals surface area contributed by atoms with E-state index in [0.29, 0.717) is 9.52 Å². The van der Waals surface area contributed by atoms with Crippen LogP contribution in [0.15, 0.2) is 0 Å². The fourth-order valence-electron chi connectivity index (χ4n) is 2.50. The van der Waals surface area contributed by atoms with Crippen molar-refractivity contribution in [2.75, 3.05) is 0 Å². The van der Waals surface area contributed by atoms with Crippen molar-refractivity contribution in [2.45, 2.75) is 70.9 Å². The first-order valence-electron chi connectivity index (χ1n) is 6.55. The number of halogens is 2. The molecule has 0 aromatic heterocycles. The molecule has 17 heavy (non-hydrogen) atoms. The molecule has 0 amide bonds. The van der Waals surface area contributed by atoms with Gasteiger partial charge < -0.3 is 24.8 Å². The second kappa shape index (κ2) is 15.8. The molecule has 0 spiro atoms. The summed E-state index contributed by atoms with van der Waals surface area (Å²) in [7, 11) is -0.474. The quantitative estimate of drug-likeness (QED) is 0.441. The van der Waals surface area contributed by atoms with Gasteiger partial charge in [0.25, 0.3) is 0 Å². The maximum Gasteiger partial charge on any atom is 2.00 e. The molecule has 0 nitrogen and oxygen atoms in total. The van der Waals surface area contributed by atoms with Crippen LogP contribution in [-0.2, 0) is 0 Å². The Hall–Kier alpha value is 1.78. The number of unbranched alkanes of at least 4 members (excludes halogenated alkanes) is 1. The molecule has 5 heteroatoms. The molecule has 0 bridgehead atoms. The summed E-state index contributed by atoms with van der Waals surface area (Å²) >= 11 is 0. The van der Waals surface area contributed by atoms with Crippen LogP contribution < -0.4 is 24.8 Å². The molecule has 0 aromatic carbocycles. The van der Waals surface area contributed by atoms with Crippen LogP contribution in [-0.4, -0.2) is 40.6 Å². The first kappa shape index (κ1) is 27.2. The number of hydrogen-bond donors (Lipinski definition) is 0. The van der Waals surface area contributed by atoms with Gasteiger partial charge in [-0.05, 0) is 5.92 Å². The van der Waals surface area contributed by atoms with Crippen LogP contribution in [0.2, 0.25) is 31.4 Å². The molecule has 0 aliphatic rings. The smallest absolute Gasteiger partial charge is 1.00 e. The topological polar surface area (TPSA) is 0 Å². The maximum atomic E-state index is 2.61. The van der Waals surface area contributed by atoms with E-state index < -0.39 is 8.07 Å². The summed E-state index contributed by atoms with van der Waals surface area (Å²) in [6.07, 6.45) is 5.74. The zero-order chi connectivity index (χ0) is 11.0. The molecule has 0 aliphatic heterocycles. The summed E-state index contributed by atoms with van der Waals surface area (Å²) in [4.78, 5) is 0. The molecular weight excluding hydrogens is 296 g/mol. The summed E-state index contributed by atoms with van der Waals surface area (Å²) < 4.78 is 0. The van der Waals surface area contributed by atoms with Gasteiger partial charge in [-0.15, -0.1) is 0 Å². The summed E-state index contributed by atoms with van der Waals surface area (Å²) in [5.74, 6) is 1.05. The van der Waals surface area contributed by atoms with Gasteiger partial charge >= 0.3 is 23.1 Å². The molecule has 0 saturated heterocycles. The molecule has 0 fully saturated rings. The van der Waals surface area contributed by atoms with Crippen LogP contribution in [0.4, 0.5) is 0 Å². The predicted octanol–water partition coefficient (Wildman–Crippen LogP) is -2.29. The van der Waals surface area contributed by atoms with Gasteiger partial charge in [-0.25, -0.2) is 0 Å². The van der Waals surface area contributed by atoms with Gasteiger partial charge in [0.15, 0.2) is 0 Å². The minimum atomic E-state index is -0.776. The Morgan fingerprint density at radius 3 is 2.00 bits per heavy atom. The van der Waals surface area contributed by atoms with Crippen LogP contribution in [0, 0.1) is 5.92 Å². The van der Waals surface area contributed by atoms with Crippen molar-refractivity contribution in [1.29, 1.82) is 0 Å². The first-order valence-corrected chi connectivity index (χ1v) is 12.4. The number of hydrogen-bond acceptors (Lipinski definition) is 0. The molecule has 0 radical (unpaired) electrons. The predicted molar refractivity (Wildman–Crippen MR) is 80.6 cm³/mol. The van der Waals surface area contributed by atoms with Gasteiger partial charge in [-0.1, -0.05) is 70.9 Å². The minimum Gasteiger partial charge on any atom is -1.00 e.